The molecule has 0 bridgehead atoms. The van der Waals surface area contributed by atoms with E-state index in [0.29, 0.717) is 17.1 Å². The maximum absolute atomic E-state index is 12.0. The van der Waals surface area contributed by atoms with Crippen molar-refractivity contribution in [2.45, 2.75) is 49.9 Å². The quantitative estimate of drug-likeness (QED) is 0.175. The summed E-state index contributed by atoms with van der Waals surface area (Å²) in [5.41, 5.74) is 3.65. The number of nitrogens with one attached hydrogen (secondary N) is 2. The smallest absolute Gasteiger partial charge is 0.336 e. The van der Waals surface area contributed by atoms with Crippen LogP contribution in [0.25, 0.3) is 0 Å². The van der Waals surface area contributed by atoms with Gasteiger partial charge in [0.1, 0.15) is 6.54 Å². The van der Waals surface area contributed by atoms with Crippen molar-refractivity contribution < 1.29 is 38.8 Å². The molecule has 11 heteroatoms. The molecule has 2 amide bonds. The van der Waals surface area contributed by atoms with Crippen molar-refractivity contribution >= 4 is 29.7 Å². The Bertz CT molecular complexity index is 1350. The summed E-state index contributed by atoms with van der Waals surface area (Å²) in [6.07, 6.45) is -0.611. The van der Waals surface area contributed by atoms with E-state index >= 15 is 0 Å². The zero-order chi connectivity index (χ0) is 29.9. The average Bonchev–Trinajstić information content (AvgIpc) is 3.02. The molecule has 3 aromatic carbocycles. The van der Waals surface area contributed by atoms with Gasteiger partial charge in [-0.3, -0.25) is 4.79 Å². The second-order valence-electron chi connectivity index (χ2n) is 9.55. The van der Waals surface area contributed by atoms with E-state index in [-0.39, 0.29) is 44.1 Å². The van der Waals surface area contributed by atoms with E-state index in [1.54, 1.807) is 25.1 Å². The Kier molecular flexibility index (Phi) is 11.4. The van der Waals surface area contributed by atoms with E-state index in [4.69, 9.17) is 14.2 Å². The van der Waals surface area contributed by atoms with E-state index < -0.39 is 24.3 Å². The van der Waals surface area contributed by atoms with Gasteiger partial charge in [-0.1, -0.05) is 60.7 Å². The molecule has 0 radical (unpaired) electrons. The van der Waals surface area contributed by atoms with E-state index in [9.17, 15) is 24.6 Å². The van der Waals surface area contributed by atoms with Crippen LogP contribution in [0.5, 0.6) is 0 Å². The molecule has 4 N–H and O–H groups in total. The van der Waals surface area contributed by atoms with Crippen molar-refractivity contribution in [2.24, 2.45) is 0 Å². The molecule has 42 heavy (non-hydrogen) atoms. The molecule has 1 fully saturated rings. The van der Waals surface area contributed by atoms with Crippen LogP contribution < -0.4 is 10.6 Å². The van der Waals surface area contributed by atoms with Crippen LogP contribution in [-0.4, -0.2) is 53.2 Å². The number of urea groups is 1. The van der Waals surface area contributed by atoms with E-state index in [2.05, 4.69) is 10.6 Å². The van der Waals surface area contributed by atoms with Gasteiger partial charge in [0.2, 0.25) is 0 Å². The molecule has 1 aliphatic rings. The lowest BCUT2D eigenvalue weighted by Gasteiger charge is -2.36. The van der Waals surface area contributed by atoms with Gasteiger partial charge < -0.3 is 35.1 Å². The fourth-order valence-electron chi connectivity index (χ4n) is 4.38. The molecule has 0 aliphatic carbocycles. The lowest BCUT2D eigenvalue weighted by Crippen LogP contribution is -2.38. The first kappa shape index (κ1) is 31.0. The highest BCUT2D eigenvalue weighted by atomic mass is 32.2. The molecule has 10 nitrogen and oxygen atoms in total. The van der Waals surface area contributed by atoms with Gasteiger partial charge in [0, 0.05) is 29.2 Å². The molecule has 0 aromatic heterocycles. The van der Waals surface area contributed by atoms with Crippen LogP contribution in [0.3, 0.4) is 0 Å². The second kappa shape index (κ2) is 15.4. The minimum Gasteiger partial charge on any atom is -0.478 e. The number of carboxylic acids is 1. The van der Waals surface area contributed by atoms with Crippen molar-refractivity contribution in [1.29, 1.82) is 0 Å². The molecule has 3 atom stereocenters. The molecule has 222 valence electrons. The largest absolute Gasteiger partial charge is 0.478 e. The molecule has 1 aliphatic heterocycles. The monoisotopic (exact) mass is 594 g/mol. The van der Waals surface area contributed by atoms with Crippen LogP contribution in [0.2, 0.25) is 0 Å². The Hall–Kier alpha value is -3.90. The third kappa shape index (κ3) is 8.80. The maximum Gasteiger partial charge on any atom is 0.336 e. The number of aromatic carboxylic acids is 1. The summed E-state index contributed by atoms with van der Waals surface area (Å²) in [6.45, 7) is 1.94. The summed E-state index contributed by atoms with van der Waals surface area (Å²) in [4.78, 5) is 35.7. The first-order valence-corrected chi connectivity index (χ1v) is 14.6. The lowest BCUT2D eigenvalue weighted by atomic mass is 10.0. The number of amides is 2. The van der Waals surface area contributed by atoms with Gasteiger partial charge in [-0.25, -0.2) is 9.59 Å². The van der Waals surface area contributed by atoms with Crippen molar-refractivity contribution in [3.05, 3.63) is 101 Å². The number of benzene rings is 3. The minimum absolute atomic E-state index is 0.0476. The topological polar surface area (TPSA) is 143 Å². The van der Waals surface area contributed by atoms with E-state index in [1.165, 1.54) is 11.8 Å². The first-order chi connectivity index (χ1) is 20.4. The maximum atomic E-state index is 12.0. The Labute approximate surface area is 248 Å². The van der Waals surface area contributed by atoms with Crippen LogP contribution in [0, 0.1) is 0 Å². The number of hydrogen-bond acceptors (Lipinski definition) is 8. The van der Waals surface area contributed by atoms with Crippen LogP contribution in [0.15, 0.2) is 77.7 Å². The minimum atomic E-state index is -0.975. The van der Waals surface area contributed by atoms with Gasteiger partial charge in [0.15, 0.2) is 6.29 Å². The normalized spacial score (nSPS) is 18.2. The third-order valence-electron chi connectivity index (χ3n) is 6.56. The summed E-state index contributed by atoms with van der Waals surface area (Å²) < 4.78 is 17.5. The van der Waals surface area contributed by atoms with Gasteiger partial charge in [0.05, 0.1) is 31.0 Å². The van der Waals surface area contributed by atoms with Crippen LogP contribution in [0.1, 0.15) is 58.4 Å². The number of aliphatic hydroxyl groups is 1. The van der Waals surface area contributed by atoms with Crippen molar-refractivity contribution in [1.82, 2.24) is 10.6 Å². The standard InChI is InChI=1S/C31H34N2O8S/c1-2-39-28(35)17-33-31(38)32-16-20-7-13-23(14-8-20)30-40-24(19-42-27-6-4-3-5-25(27)29(36)37)15-26(41-30)22-11-9-21(18-34)10-12-22/h3-14,24,26,30,34H,2,15-19H2,1H3,(H,36,37)(H2,32,33,38)/t24-,26+,30+/m0/s1. The zero-order valence-corrected chi connectivity index (χ0v) is 24.0. The molecular weight excluding hydrogens is 560 g/mol. The number of esters is 1. The molecule has 1 heterocycles. The highest BCUT2D eigenvalue weighted by Crippen LogP contribution is 2.39. The van der Waals surface area contributed by atoms with Crippen LogP contribution >= 0.6 is 11.8 Å². The van der Waals surface area contributed by atoms with Gasteiger partial charge in [0.25, 0.3) is 0 Å². The fraction of sp³-hybridized carbons (Fsp3) is 0.323. The highest BCUT2D eigenvalue weighted by Gasteiger charge is 2.32. The third-order valence-corrected chi connectivity index (χ3v) is 7.77. The predicted molar refractivity (Wildman–Crippen MR) is 156 cm³/mol. The SMILES string of the molecule is CCOC(=O)CNC(=O)NCc1ccc([C@@H]2O[C@H](CSc3ccccc3C(=O)O)C[C@H](c3ccc(CO)cc3)O2)cc1. The lowest BCUT2D eigenvalue weighted by molar-refractivity contribution is -0.245. The Morgan fingerprint density at radius 1 is 0.929 bits per heavy atom. The van der Waals surface area contributed by atoms with Gasteiger partial charge in [-0.2, -0.15) is 0 Å². The number of ether oxygens (including phenoxy) is 3. The number of hydrogen-bond donors (Lipinski definition) is 4. The highest BCUT2D eigenvalue weighted by molar-refractivity contribution is 7.99. The molecule has 0 spiro atoms. The Balaban J connectivity index is 1.43. The number of carbonyl (C=O) groups excluding carboxylic acids is 2. The predicted octanol–water partition coefficient (Wildman–Crippen LogP) is 4.58. The summed E-state index contributed by atoms with van der Waals surface area (Å²) in [5, 5.41) is 24.1. The molecule has 0 saturated carbocycles. The van der Waals surface area contributed by atoms with Crippen molar-refractivity contribution in [2.75, 3.05) is 18.9 Å². The summed E-state index contributed by atoms with van der Waals surface area (Å²) in [6, 6.07) is 21.5. The number of rotatable bonds is 12. The van der Waals surface area contributed by atoms with Gasteiger partial charge in [-0.15, -0.1) is 11.8 Å². The zero-order valence-electron chi connectivity index (χ0n) is 23.2. The van der Waals surface area contributed by atoms with Crippen LogP contribution in [-0.2, 0) is 32.2 Å². The molecule has 3 aromatic rings. The first-order valence-electron chi connectivity index (χ1n) is 13.6. The number of carboxylic acid groups (broad SMARTS) is 1. The van der Waals surface area contributed by atoms with E-state index in [0.717, 1.165) is 22.3 Å². The average molecular weight is 595 g/mol. The molecule has 0 unspecified atom stereocenters. The molecular formula is C31H34N2O8S. The Morgan fingerprint density at radius 2 is 1.62 bits per heavy atom. The van der Waals surface area contributed by atoms with Crippen molar-refractivity contribution in [3.8, 4) is 0 Å². The number of thioether (sulfide) groups is 1. The van der Waals surface area contributed by atoms with Gasteiger partial charge >= 0.3 is 18.0 Å². The fourth-order valence-corrected chi connectivity index (χ4v) is 5.44. The summed E-state index contributed by atoms with van der Waals surface area (Å²) >= 11 is 1.43. The molecule has 4 rings (SSSR count). The summed E-state index contributed by atoms with van der Waals surface area (Å²) in [7, 11) is 0. The van der Waals surface area contributed by atoms with Crippen LogP contribution in [0.4, 0.5) is 4.79 Å². The van der Waals surface area contributed by atoms with E-state index in [1.807, 2.05) is 54.6 Å². The molecule has 1 saturated heterocycles. The van der Waals surface area contributed by atoms with Crippen molar-refractivity contribution in [3.63, 3.8) is 0 Å². The van der Waals surface area contributed by atoms with Gasteiger partial charge in [-0.05, 0) is 35.7 Å². The number of carbonyl (C=O) groups is 3. The number of aliphatic hydroxyl groups excluding tert-OH is 1. The summed E-state index contributed by atoms with van der Waals surface area (Å²) in [5.74, 6) is -0.954. The second-order valence-corrected chi connectivity index (χ2v) is 10.6. The Morgan fingerprint density at radius 3 is 2.31 bits per heavy atom.